The molecule has 3 heterocycles. The maximum absolute atomic E-state index is 12.0. The fraction of sp³-hybridized carbons (Fsp3) is 0.550. The van der Waals surface area contributed by atoms with E-state index in [1.807, 2.05) is 0 Å². The first-order chi connectivity index (χ1) is 12.7. The van der Waals surface area contributed by atoms with Crippen molar-refractivity contribution in [2.24, 2.45) is 23.6 Å². The lowest BCUT2D eigenvalue weighted by molar-refractivity contribution is -0.134. The highest BCUT2D eigenvalue weighted by molar-refractivity contribution is 5.85. The summed E-state index contributed by atoms with van der Waals surface area (Å²) in [5.74, 6) is 5.64. The third-order valence-electron chi connectivity index (χ3n) is 6.98. The Morgan fingerprint density at radius 1 is 1.23 bits per heavy atom. The number of nitrogens with one attached hydrogen (secondary N) is 2. The molecule has 0 spiro atoms. The molecule has 138 valence electrons. The van der Waals surface area contributed by atoms with Gasteiger partial charge in [-0.3, -0.25) is 15.1 Å². The number of carbonyl (C=O) groups excluding carboxylic acids is 1. The highest BCUT2D eigenvalue weighted by Gasteiger charge is 2.46. The Bertz CT molecular complexity index is 847. The summed E-state index contributed by atoms with van der Waals surface area (Å²) in [7, 11) is 0. The molecular formula is C20H26N4O2. The summed E-state index contributed by atoms with van der Waals surface area (Å²) >= 11 is 0. The number of hydrogen-bond acceptors (Lipinski definition) is 4. The van der Waals surface area contributed by atoms with E-state index in [1.54, 1.807) is 0 Å². The van der Waals surface area contributed by atoms with Gasteiger partial charge in [-0.1, -0.05) is 18.2 Å². The number of nitrogens with two attached hydrogens (primary N) is 1. The molecule has 1 aliphatic carbocycles. The average molecular weight is 354 g/mol. The Balaban J connectivity index is 1.45. The monoisotopic (exact) mass is 354 g/mol. The molecule has 6 nitrogen and oxygen atoms in total. The molecule has 5 rings (SSSR count). The van der Waals surface area contributed by atoms with E-state index in [2.05, 4.69) is 39.6 Å². The number of fused-ring (bicyclic) bond motifs is 6. The summed E-state index contributed by atoms with van der Waals surface area (Å²) in [6, 6.07) is 8.95. The maximum Gasteiger partial charge on any atom is 0.239 e. The van der Waals surface area contributed by atoms with Crippen LogP contribution in [0.2, 0.25) is 0 Å². The maximum atomic E-state index is 12.0. The van der Waals surface area contributed by atoms with E-state index in [-0.39, 0.29) is 11.8 Å². The van der Waals surface area contributed by atoms with Crippen LogP contribution in [0.5, 0.6) is 0 Å². The third kappa shape index (κ3) is 2.40. The Morgan fingerprint density at radius 2 is 2.08 bits per heavy atom. The zero-order valence-corrected chi connectivity index (χ0v) is 14.8. The molecule has 0 unspecified atom stereocenters. The number of hydrogen-bond donors (Lipinski definition) is 4. The second-order valence-electron chi connectivity index (χ2n) is 8.23. The number of hydrazine groups is 1. The molecule has 2 fully saturated rings. The van der Waals surface area contributed by atoms with Gasteiger partial charge in [-0.15, -0.1) is 0 Å². The van der Waals surface area contributed by atoms with Crippen LogP contribution >= 0.6 is 0 Å². The highest BCUT2D eigenvalue weighted by atomic mass is 16.3. The van der Waals surface area contributed by atoms with Crippen LogP contribution in [0.15, 0.2) is 24.3 Å². The topological polar surface area (TPSA) is 94.4 Å². The quantitative estimate of drug-likeness (QED) is 0.354. The number of carbonyl (C=O) groups is 1. The molecule has 1 aromatic carbocycles. The Morgan fingerprint density at radius 3 is 2.92 bits per heavy atom. The SMILES string of the molecule is NNC(=O)[C@@H]1C[C@@H]2C[C@@H]3c4[nH]c5ccccc5c4CCN3C[C@H]2C[C@@H]1O. The molecule has 2 aromatic rings. The number of piperidine rings is 1. The van der Waals surface area contributed by atoms with Crippen molar-refractivity contribution in [2.75, 3.05) is 13.1 Å². The van der Waals surface area contributed by atoms with E-state index < -0.39 is 6.10 Å². The number of aromatic amines is 1. The van der Waals surface area contributed by atoms with Crippen LogP contribution < -0.4 is 11.3 Å². The Labute approximate surface area is 152 Å². The number of benzene rings is 1. The van der Waals surface area contributed by atoms with E-state index in [0.29, 0.717) is 24.3 Å². The molecule has 0 bridgehead atoms. The molecular weight excluding hydrogens is 328 g/mol. The molecule has 1 aromatic heterocycles. The first-order valence-electron chi connectivity index (χ1n) is 9.67. The van der Waals surface area contributed by atoms with Crippen molar-refractivity contribution in [2.45, 2.75) is 37.8 Å². The molecule has 5 atom stereocenters. The normalized spacial score (nSPS) is 34.0. The van der Waals surface area contributed by atoms with Crippen molar-refractivity contribution in [1.82, 2.24) is 15.3 Å². The van der Waals surface area contributed by atoms with Crippen LogP contribution in [-0.4, -0.2) is 40.1 Å². The lowest BCUT2D eigenvalue weighted by Gasteiger charge is -2.50. The number of aliphatic hydroxyl groups is 1. The van der Waals surface area contributed by atoms with Crippen LogP contribution in [0.4, 0.5) is 0 Å². The number of aliphatic hydroxyl groups excluding tert-OH is 1. The van der Waals surface area contributed by atoms with E-state index in [9.17, 15) is 9.90 Å². The van der Waals surface area contributed by atoms with Gasteiger partial charge in [0.05, 0.1) is 18.1 Å². The molecule has 1 saturated heterocycles. The van der Waals surface area contributed by atoms with Gasteiger partial charge in [0.15, 0.2) is 0 Å². The number of amides is 1. The molecule has 26 heavy (non-hydrogen) atoms. The minimum Gasteiger partial charge on any atom is -0.392 e. The van der Waals surface area contributed by atoms with E-state index in [4.69, 9.17) is 5.84 Å². The smallest absolute Gasteiger partial charge is 0.239 e. The minimum atomic E-state index is -0.579. The Hall–Kier alpha value is -1.89. The lowest BCUT2D eigenvalue weighted by Crippen LogP contribution is -2.52. The van der Waals surface area contributed by atoms with Crippen molar-refractivity contribution in [3.63, 3.8) is 0 Å². The van der Waals surface area contributed by atoms with Crippen LogP contribution in [0.3, 0.4) is 0 Å². The van der Waals surface area contributed by atoms with Crippen LogP contribution in [0, 0.1) is 17.8 Å². The summed E-state index contributed by atoms with van der Waals surface area (Å²) in [5.41, 5.74) is 6.29. The molecule has 0 radical (unpaired) electrons. The molecule has 1 amide bonds. The van der Waals surface area contributed by atoms with Gasteiger partial charge >= 0.3 is 0 Å². The van der Waals surface area contributed by atoms with Gasteiger partial charge < -0.3 is 10.1 Å². The zero-order chi connectivity index (χ0) is 17.8. The van der Waals surface area contributed by atoms with Gasteiger partial charge in [-0.05, 0) is 49.1 Å². The van der Waals surface area contributed by atoms with Crippen molar-refractivity contribution >= 4 is 16.8 Å². The van der Waals surface area contributed by atoms with Gasteiger partial charge in [-0.2, -0.15) is 0 Å². The third-order valence-corrected chi connectivity index (χ3v) is 6.98. The first-order valence-corrected chi connectivity index (χ1v) is 9.67. The van der Waals surface area contributed by atoms with Crippen molar-refractivity contribution < 1.29 is 9.90 Å². The van der Waals surface area contributed by atoms with Gasteiger partial charge in [0.25, 0.3) is 0 Å². The van der Waals surface area contributed by atoms with Crippen molar-refractivity contribution in [1.29, 1.82) is 0 Å². The summed E-state index contributed by atoms with van der Waals surface area (Å²) < 4.78 is 0. The molecule has 6 heteroatoms. The zero-order valence-electron chi connectivity index (χ0n) is 14.8. The second-order valence-corrected chi connectivity index (χ2v) is 8.23. The minimum absolute atomic E-state index is 0.228. The van der Waals surface area contributed by atoms with E-state index in [0.717, 1.165) is 32.4 Å². The number of para-hydroxylation sites is 1. The molecule has 2 aliphatic heterocycles. The van der Waals surface area contributed by atoms with Gasteiger partial charge in [0.1, 0.15) is 0 Å². The predicted molar refractivity (Wildman–Crippen MR) is 99.0 cm³/mol. The van der Waals surface area contributed by atoms with Gasteiger partial charge in [0.2, 0.25) is 5.91 Å². The lowest BCUT2D eigenvalue weighted by atomic mass is 9.66. The summed E-state index contributed by atoms with van der Waals surface area (Å²) in [5, 5.41) is 11.8. The molecule has 5 N–H and O–H groups in total. The number of nitrogens with zero attached hydrogens (tertiary/aromatic N) is 1. The summed E-state index contributed by atoms with van der Waals surface area (Å²) in [6.07, 6.45) is 2.98. The Kier molecular flexibility index (Phi) is 3.81. The number of rotatable bonds is 1. The fourth-order valence-corrected chi connectivity index (χ4v) is 5.69. The molecule has 1 saturated carbocycles. The van der Waals surface area contributed by atoms with Gasteiger partial charge in [0, 0.05) is 29.7 Å². The first kappa shape index (κ1) is 16.3. The van der Waals surface area contributed by atoms with Crippen LogP contribution in [0.25, 0.3) is 10.9 Å². The standard InChI is InChI=1S/C20H26N4O2/c21-23-20(26)15-7-11-8-17-19-14(13-3-1-2-4-16(13)22-19)5-6-24(17)10-12(11)9-18(15)25/h1-4,11-12,15,17-18,22,25H,5-10,21H2,(H,23,26)/t11-,12-,15-,17-,18+/m1/s1. The number of aromatic nitrogens is 1. The predicted octanol–water partition coefficient (Wildman–Crippen LogP) is 1.46. The largest absolute Gasteiger partial charge is 0.392 e. The van der Waals surface area contributed by atoms with Gasteiger partial charge in [-0.25, -0.2) is 5.84 Å². The van der Waals surface area contributed by atoms with Crippen molar-refractivity contribution in [3.8, 4) is 0 Å². The summed E-state index contributed by atoms with van der Waals surface area (Å²) in [6.45, 7) is 2.09. The fourth-order valence-electron chi connectivity index (χ4n) is 5.69. The van der Waals surface area contributed by atoms with Crippen LogP contribution in [0.1, 0.15) is 36.6 Å². The number of H-pyrrole nitrogens is 1. The molecule has 3 aliphatic rings. The van der Waals surface area contributed by atoms with E-state index >= 15 is 0 Å². The van der Waals surface area contributed by atoms with Crippen molar-refractivity contribution in [3.05, 3.63) is 35.5 Å². The second kappa shape index (κ2) is 6.08. The van der Waals surface area contributed by atoms with E-state index in [1.165, 1.54) is 22.2 Å². The summed E-state index contributed by atoms with van der Waals surface area (Å²) in [4.78, 5) is 18.3. The van der Waals surface area contributed by atoms with Crippen LogP contribution in [-0.2, 0) is 11.2 Å². The highest BCUT2D eigenvalue weighted by Crippen LogP contribution is 2.48. The average Bonchev–Trinajstić information content (AvgIpc) is 3.04.